The molecule has 0 aliphatic heterocycles. The highest BCUT2D eigenvalue weighted by Crippen LogP contribution is 2.17. The molecular weight excluding hydrogens is 328 g/mol. The molecule has 0 atom stereocenters. The predicted octanol–water partition coefficient (Wildman–Crippen LogP) is 4.92. The summed E-state index contributed by atoms with van der Waals surface area (Å²) in [6, 6.07) is 15.2. The zero-order valence-electron chi connectivity index (χ0n) is 15.2. The molecule has 0 aromatic heterocycles. The van der Waals surface area contributed by atoms with Crippen molar-refractivity contribution in [2.45, 2.75) is 32.6 Å². The quantitative estimate of drug-likeness (QED) is 0.278. The van der Waals surface area contributed by atoms with Crippen molar-refractivity contribution in [3.63, 3.8) is 0 Å². The van der Waals surface area contributed by atoms with Gasteiger partial charge >= 0.3 is 5.97 Å². The molecular formula is C22H24O4. The third kappa shape index (κ3) is 6.93. The number of carbonyl (C=O) groups is 2. The molecule has 2 aromatic carbocycles. The van der Waals surface area contributed by atoms with E-state index in [0.717, 1.165) is 23.3 Å². The summed E-state index contributed by atoms with van der Waals surface area (Å²) in [6.07, 6.45) is 6.24. The first kappa shape index (κ1) is 19.4. The average molecular weight is 352 g/mol. The molecule has 4 heteroatoms. The molecule has 0 aliphatic rings. The summed E-state index contributed by atoms with van der Waals surface area (Å²) in [5, 5.41) is 0. The lowest BCUT2D eigenvalue weighted by Crippen LogP contribution is -2.07. The minimum atomic E-state index is -0.268. The summed E-state index contributed by atoms with van der Waals surface area (Å²) >= 11 is 0. The highest BCUT2D eigenvalue weighted by Gasteiger charge is 2.05. The average Bonchev–Trinajstić information content (AvgIpc) is 2.65. The molecule has 26 heavy (non-hydrogen) atoms. The van der Waals surface area contributed by atoms with Gasteiger partial charge in [0, 0.05) is 12.8 Å². The zero-order valence-corrected chi connectivity index (χ0v) is 15.2. The molecule has 0 spiro atoms. The van der Waals surface area contributed by atoms with Gasteiger partial charge in [-0.25, -0.2) is 0 Å². The Bertz CT molecular complexity index is 743. The van der Waals surface area contributed by atoms with Gasteiger partial charge in [-0.3, -0.25) is 4.79 Å². The van der Waals surface area contributed by atoms with Gasteiger partial charge in [0.15, 0.2) is 0 Å². The minimum Gasteiger partial charge on any atom is -0.497 e. The van der Waals surface area contributed by atoms with Crippen molar-refractivity contribution in [2.24, 2.45) is 0 Å². The smallest absolute Gasteiger partial charge is 0.311 e. The first-order valence-electron chi connectivity index (χ1n) is 8.69. The first-order chi connectivity index (χ1) is 12.6. The molecule has 0 radical (unpaired) electrons. The lowest BCUT2D eigenvalue weighted by atomic mass is 10.1. The van der Waals surface area contributed by atoms with Crippen molar-refractivity contribution in [3.05, 3.63) is 59.7 Å². The Labute approximate surface area is 154 Å². The molecule has 0 saturated carbocycles. The van der Waals surface area contributed by atoms with Crippen LogP contribution in [0.1, 0.15) is 43.7 Å². The lowest BCUT2D eigenvalue weighted by Gasteiger charge is -2.04. The summed E-state index contributed by atoms with van der Waals surface area (Å²) < 4.78 is 10.4. The number of rotatable bonds is 9. The van der Waals surface area contributed by atoms with Gasteiger partial charge in [0.25, 0.3) is 0 Å². The van der Waals surface area contributed by atoms with E-state index < -0.39 is 0 Å². The molecule has 0 bridgehead atoms. The molecule has 4 nitrogen and oxygen atoms in total. The molecule has 0 heterocycles. The van der Waals surface area contributed by atoms with Crippen molar-refractivity contribution in [3.8, 4) is 11.5 Å². The monoisotopic (exact) mass is 352 g/mol. The van der Waals surface area contributed by atoms with E-state index in [0.29, 0.717) is 25.0 Å². The molecule has 2 aromatic rings. The van der Waals surface area contributed by atoms with Gasteiger partial charge in [0.05, 0.1) is 7.11 Å². The number of hydrogen-bond donors (Lipinski definition) is 0. The van der Waals surface area contributed by atoms with Gasteiger partial charge in [0.2, 0.25) is 0 Å². The van der Waals surface area contributed by atoms with E-state index in [9.17, 15) is 9.59 Å². The number of carbonyl (C=O) groups excluding carboxylic acids is 2. The van der Waals surface area contributed by atoms with Crippen molar-refractivity contribution < 1.29 is 19.1 Å². The lowest BCUT2D eigenvalue weighted by molar-refractivity contribution is -0.134. The zero-order chi connectivity index (χ0) is 18.8. The maximum Gasteiger partial charge on any atom is 0.311 e. The van der Waals surface area contributed by atoms with Gasteiger partial charge < -0.3 is 14.3 Å². The van der Waals surface area contributed by atoms with Gasteiger partial charge in [-0.1, -0.05) is 36.4 Å². The van der Waals surface area contributed by atoms with E-state index in [1.807, 2.05) is 48.6 Å². The van der Waals surface area contributed by atoms with Gasteiger partial charge in [0.1, 0.15) is 17.3 Å². The summed E-state index contributed by atoms with van der Waals surface area (Å²) in [5.41, 5.74) is 2.09. The normalized spacial score (nSPS) is 10.7. The van der Waals surface area contributed by atoms with Crippen molar-refractivity contribution in [1.29, 1.82) is 0 Å². The maximum atomic E-state index is 11.8. The van der Waals surface area contributed by atoms with Crippen LogP contribution in [0.2, 0.25) is 0 Å². The Kier molecular flexibility index (Phi) is 7.62. The molecule has 136 valence electrons. The summed E-state index contributed by atoms with van der Waals surface area (Å²) in [6.45, 7) is 1.56. The van der Waals surface area contributed by atoms with Crippen LogP contribution < -0.4 is 9.47 Å². The number of esters is 1. The molecule has 0 N–H and O–H groups in total. The topological polar surface area (TPSA) is 52.6 Å². The largest absolute Gasteiger partial charge is 0.497 e. The number of methoxy groups -OCH3 is 1. The van der Waals surface area contributed by atoms with E-state index in [4.69, 9.17) is 9.47 Å². The molecule has 0 amide bonds. The number of unbranched alkanes of at least 4 members (excludes halogenated alkanes) is 1. The van der Waals surface area contributed by atoms with Crippen LogP contribution >= 0.6 is 0 Å². The highest BCUT2D eigenvalue weighted by molar-refractivity contribution is 5.76. The fourth-order valence-electron chi connectivity index (χ4n) is 2.38. The summed E-state index contributed by atoms with van der Waals surface area (Å²) in [5.74, 6) is 1.24. The Hall–Kier alpha value is -2.88. The minimum absolute atomic E-state index is 0.150. The number of ketones is 1. The number of benzene rings is 2. The van der Waals surface area contributed by atoms with E-state index in [1.165, 1.54) is 0 Å². The second-order valence-corrected chi connectivity index (χ2v) is 6.06. The standard InChI is InChI=1S/C22H24O4/c1-17(23)5-3-4-6-22(24)26-21-15-11-19(12-16-21)8-7-18-9-13-20(25-2)14-10-18/h7-16H,3-6H2,1-2H3. The van der Waals surface area contributed by atoms with Crippen LogP contribution in [0.5, 0.6) is 11.5 Å². The number of Topliss-reactive ketones (excluding diaryl/α,β-unsaturated/α-hetero) is 1. The van der Waals surface area contributed by atoms with E-state index in [-0.39, 0.29) is 11.8 Å². The Morgan fingerprint density at radius 2 is 1.31 bits per heavy atom. The molecule has 2 rings (SSSR count). The molecule has 0 unspecified atom stereocenters. The van der Waals surface area contributed by atoms with Gasteiger partial charge in [-0.15, -0.1) is 0 Å². The molecule has 0 fully saturated rings. The van der Waals surface area contributed by atoms with E-state index in [1.54, 1.807) is 26.2 Å². The van der Waals surface area contributed by atoms with Crippen LogP contribution in [-0.2, 0) is 9.59 Å². The second kappa shape index (κ2) is 10.2. The van der Waals surface area contributed by atoms with Crippen LogP contribution in [0.25, 0.3) is 12.2 Å². The van der Waals surface area contributed by atoms with Crippen LogP contribution in [0.4, 0.5) is 0 Å². The number of ether oxygens (including phenoxy) is 2. The third-order valence-electron chi connectivity index (χ3n) is 3.86. The van der Waals surface area contributed by atoms with E-state index >= 15 is 0 Å². The van der Waals surface area contributed by atoms with E-state index in [2.05, 4.69) is 0 Å². The maximum absolute atomic E-state index is 11.8. The number of hydrogen-bond acceptors (Lipinski definition) is 4. The van der Waals surface area contributed by atoms with Crippen molar-refractivity contribution in [2.75, 3.05) is 7.11 Å². The first-order valence-corrected chi connectivity index (χ1v) is 8.69. The molecule has 0 saturated heterocycles. The van der Waals surface area contributed by atoms with Crippen molar-refractivity contribution in [1.82, 2.24) is 0 Å². The van der Waals surface area contributed by atoms with Crippen molar-refractivity contribution >= 4 is 23.9 Å². The van der Waals surface area contributed by atoms with Crippen LogP contribution in [0, 0.1) is 0 Å². The highest BCUT2D eigenvalue weighted by atomic mass is 16.5. The Morgan fingerprint density at radius 3 is 1.81 bits per heavy atom. The third-order valence-corrected chi connectivity index (χ3v) is 3.86. The molecule has 0 aliphatic carbocycles. The van der Waals surface area contributed by atoms with Crippen LogP contribution in [0.15, 0.2) is 48.5 Å². The van der Waals surface area contributed by atoms with Crippen LogP contribution in [-0.4, -0.2) is 18.9 Å². The fourth-order valence-corrected chi connectivity index (χ4v) is 2.38. The summed E-state index contributed by atoms with van der Waals surface area (Å²) in [4.78, 5) is 22.6. The second-order valence-electron chi connectivity index (χ2n) is 6.06. The Morgan fingerprint density at radius 1 is 0.808 bits per heavy atom. The van der Waals surface area contributed by atoms with Gasteiger partial charge in [-0.05, 0) is 55.2 Å². The summed E-state index contributed by atoms with van der Waals surface area (Å²) in [7, 11) is 1.64. The SMILES string of the molecule is COc1ccc(C=Cc2ccc(OC(=O)CCCCC(C)=O)cc2)cc1. The predicted molar refractivity (Wildman–Crippen MR) is 103 cm³/mol. The fraction of sp³-hybridized carbons (Fsp3) is 0.273. The van der Waals surface area contributed by atoms with Gasteiger partial charge in [-0.2, -0.15) is 0 Å². The van der Waals surface area contributed by atoms with Crippen LogP contribution in [0.3, 0.4) is 0 Å². The Balaban J connectivity index is 1.82.